The first-order chi connectivity index (χ1) is 8.75. The highest BCUT2D eigenvalue weighted by Crippen LogP contribution is 2.17. The van der Waals surface area contributed by atoms with Crippen LogP contribution in [0.2, 0.25) is 0 Å². The fourth-order valence-electron chi connectivity index (χ4n) is 1.26. The van der Waals surface area contributed by atoms with Crippen LogP contribution >= 0.6 is 0 Å². The van der Waals surface area contributed by atoms with Gasteiger partial charge in [0.15, 0.2) is 9.84 Å². The second-order valence-corrected chi connectivity index (χ2v) is 6.55. The number of benzene rings is 1. The number of rotatable bonds is 5. The zero-order valence-corrected chi connectivity index (χ0v) is 11.5. The summed E-state index contributed by atoms with van der Waals surface area (Å²) in [5, 5.41) is -0.915. The number of hydrogen-bond acceptors (Lipinski definition) is 4. The Balaban J connectivity index is 2.80. The highest BCUT2D eigenvalue weighted by Gasteiger charge is 2.24. The van der Waals surface area contributed by atoms with Crippen molar-refractivity contribution in [2.24, 2.45) is 0 Å². The number of hydrogen-bond donors (Lipinski definition) is 0. The number of carbonyl (C=O) groups excluding carboxylic acids is 1. The summed E-state index contributed by atoms with van der Waals surface area (Å²) in [4.78, 5) is 11.2. The van der Waals surface area contributed by atoms with Crippen molar-refractivity contribution in [3.05, 3.63) is 42.2 Å². The summed E-state index contributed by atoms with van der Waals surface area (Å²) < 4.78 is 41.7. The number of carbonyl (C=O) groups is 1. The molecule has 1 rings (SSSR count). The van der Waals surface area contributed by atoms with E-state index in [0.29, 0.717) is 0 Å². The van der Waals surface area contributed by atoms with Crippen molar-refractivity contribution in [2.45, 2.75) is 24.0 Å². The molecule has 0 aliphatic heterocycles. The maximum absolute atomic E-state index is 12.7. The van der Waals surface area contributed by atoms with E-state index in [9.17, 15) is 17.6 Å². The molecule has 6 heteroatoms. The molecular weight excluding hydrogens is 271 g/mol. The van der Waals surface area contributed by atoms with E-state index in [1.165, 1.54) is 26.0 Å². The standard InChI is InChI=1S/C13H15FO4S/c1-9(2)13(15)18-8-10(3)19(16,17)12-6-4-11(14)5-7-12/h4-7,10H,1,8H2,2-3H3. The molecule has 0 spiro atoms. The van der Waals surface area contributed by atoms with Gasteiger partial charge in [-0.1, -0.05) is 6.58 Å². The first-order valence-electron chi connectivity index (χ1n) is 5.57. The van der Waals surface area contributed by atoms with Crippen molar-refractivity contribution in [3.8, 4) is 0 Å². The molecule has 104 valence electrons. The number of esters is 1. The highest BCUT2D eigenvalue weighted by atomic mass is 32.2. The minimum atomic E-state index is -3.65. The molecule has 1 aromatic rings. The van der Waals surface area contributed by atoms with Gasteiger partial charge in [0, 0.05) is 5.57 Å². The Bertz CT molecular complexity index is 575. The van der Waals surface area contributed by atoms with E-state index in [4.69, 9.17) is 4.74 Å². The first-order valence-corrected chi connectivity index (χ1v) is 7.12. The van der Waals surface area contributed by atoms with Crippen LogP contribution in [-0.2, 0) is 19.4 Å². The summed E-state index contributed by atoms with van der Waals surface area (Å²) in [7, 11) is -3.65. The highest BCUT2D eigenvalue weighted by molar-refractivity contribution is 7.92. The second kappa shape index (κ2) is 5.97. The smallest absolute Gasteiger partial charge is 0.333 e. The third-order valence-corrected chi connectivity index (χ3v) is 4.59. The Morgan fingerprint density at radius 1 is 1.37 bits per heavy atom. The molecule has 1 atom stereocenters. The predicted molar refractivity (Wildman–Crippen MR) is 68.8 cm³/mol. The zero-order valence-electron chi connectivity index (χ0n) is 10.7. The molecule has 0 aliphatic carbocycles. The van der Waals surface area contributed by atoms with Crippen LogP contribution in [0.4, 0.5) is 4.39 Å². The minimum absolute atomic E-state index is 0.00669. The summed E-state index contributed by atoms with van der Waals surface area (Å²) in [6.45, 7) is 6.02. The van der Waals surface area contributed by atoms with E-state index in [-0.39, 0.29) is 17.1 Å². The maximum Gasteiger partial charge on any atom is 0.333 e. The Kier molecular flexibility index (Phi) is 4.83. The van der Waals surface area contributed by atoms with Gasteiger partial charge < -0.3 is 4.74 Å². The average Bonchev–Trinajstić information content (AvgIpc) is 2.35. The molecule has 0 aromatic heterocycles. The molecule has 0 saturated heterocycles. The van der Waals surface area contributed by atoms with E-state index in [2.05, 4.69) is 6.58 Å². The van der Waals surface area contributed by atoms with Crippen molar-refractivity contribution in [3.63, 3.8) is 0 Å². The van der Waals surface area contributed by atoms with Crippen molar-refractivity contribution in [1.29, 1.82) is 0 Å². The van der Waals surface area contributed by atoms with Crippen LogP contribution in [0.25, 0.3) is 0 Å². The van der Waals surface area contributed by atoms with Gasteiger partial charge in [-0.15, -0.1) is 0 Å². The van der Waals surface area contributed by atoms with Gasteiger partial charge >= 0.3 is 5.97 Å². The van der Waals surface area contributed by atoms with Crippen LogP contribution in [0.15, 0.2) is 41.3 Å². The van der Waals surface area contributed by atoms with Gasteiger partial charge in [-0.3, -0.25) is 0 Å². The summed E-state index contributed by atoms with van der Waals surface area (Å²) in [6, 6.07) is 4.50. The average molecular weight is 286 g/mol. The second-order valence-electron chi connectivity index (χ2n) is 4.19. The van der Waals surface area contributed by atoms with E-state index in [1.807, 2.05) is 0 Å². The number of ether oxygens (including phenoxy) is 1. The summed E-state index contributed by atoms with van der Waals surface area (Å²) in [5.41, 5.74) is 0.200. The zero-order chi connectivity index (χ0) is 14.6. The third-order valence-electron chi connectivity index (χ3n) is 2.47. The largest absolute Gasteiger partial charge is 0.461 e. The SMILES string of the molecule is C=C(C)C(=O)OCC(C)S(=O)(=O)c1ccc(F)cc1. The lowest BCUT2D eigenvalue weighted by Gasteiger charge is -2.13. The van der Waals surface area contributed by atoms with Gasteiger partial charge in [-0.25, -0.2) is 17.6 Å². The van der Waals surface area contributed by atoms with Crippen molar-refractivity contribution < 1.29 is 22.3 Å². The van der Waals surface area contributed by atoms with Gasteiger partial charge in [0.25, 0.3) is 0 Å². The lowest BCUT2D eigenvalue weighted by molar-refractivity contribution is -0.138. The van der Waals surface area contributed by atoms with E-state index >= 15 is 0 Å². The Morgan fingerprint density at radius 2 is 1.89 bits per heavy atom. The molecule has 1 aromatic carbocycles. The molecule has 4 nitrogen and oxygen atoms in total. The third kappa shape index (κ3) is 3.89. The van der Waals surface area contributed by atoms with Gasteiger partial charge in [0.1, 0.15) is 12.4 Å². The Morgan fingerprint density at radius 3 is 2.37 bits per heavy atom. The number of sulfone groups is 1. The van der Waals surface area contributed by atoms with Crippen molar-refractivity contribution in [1.82, 2.24) is 0 Å². The number of halogens is 1. The monoisotopic (exact) mass is 286 g/mol. The summed E-state index contributed by atoms with van der Waals surface area (Å²) in [5.74, 6) is -1.15. The molecule has 1 unspecified atom stereocenters. The minimum Gasteiger partial charge on any atom is -0.461 e. The summed E-state index contributed by atoms with van der Waals surface area (Å²) >= 11 is 0. The van der Waals surface area contributed by atoms with E-state index < -0.39 is 26.9 Å². The van der Waals surface area contributed by atoms with Crippen molar-refractivity contribution in [2.75, 3.05) is 6.61 Å². The van der Waals surface area contributed by atoms with E-state index in [0.717, 1.165) is 12.1 Å². The maximum atomic E-state index is 12.7. The van der Waals surface area contributed by atoms with Crippen LogP contribution in [0.3, 0.4) is 0 Å². The molecule has 0 saturated carbocycles. The molecule has 0 heterocycles. The van der Waals surface area contributed by atoms with Crippen LogP contribution < -0.4 is 0 Å². The molecule has 0 bridgehead atoms. The molecule has 0 N–H and O–H groups in total. The Labute approximate surface area is 111 Å². The predicted octanol–water partition coefficient (Wildman–Crippen LogP) is 2.11. The fourth-order valence-corrected chi connectivity index (χ4v) is 2.49. The normalized spacial score (nSPS) is 12.8. The van der Waals surface area contributed by atoms with Crippen LogP contribution in [0, 0.1) is 5.82 Å². The fraction of sp³-hybridized carbons (Fsp3) is 0.308. The molecular formula is C13H15FO4S. The molecule has 19 heavy (non-hydrogen) atoms. The van der Waals surface area contributed by atoms with Gasteiger partial charge in [-0.05, 0) is 38.1 Å². The molecule has 0 fully saturated rings. The quantitative estimate of drug-likeness (QED) is 0.472. The van der Waals surface area contributed by atoms with Crippen LogP contribution in [0.1, 0.15) is 13.8 Å². The first kappa shape index (κ1) is 15.4. The topological polar surface area (TPSA) is 60.4 Å². The lowest BCUT2D eigenvalue weighted by Crippen LogP contribution is -2.25. The van der Waals surface area contributed by atoms with Crippen LogP contribution in [-0.4, -0.2) is 26.2 Å². The molecule has 0 amide bonds. The Hall–Kier alpha value is -1.69. The van der Waals surface area contributed by atoms with Gasteiger partial charge in [0.05, 0.1) is 10.1 Å². The van der Waals surface area contributed by atoms with Gasteiger partial charge in [0.2, 0.25) is 0 Å². The van der Waals surface area contributed by atoms with Gasteiger partial charge in [-0.2, -0.15) is 0 Å². The lowest BCUT2D eigenvalue weighted by atomic mass is 10.3. The molecule has 0 radical (unpaired) electrons. The molecule has 0 aliphatic rings. The van der Waals surface area contributed by atoms with Crippen molar-refractivity contribution >= 4 is 15.8 Å². The summed E-state index contributed by atoms with van der Waals surface area (Å²) in [6.07, 6.45) is 0. The van der Waals surface area contributed by atoms with E-state index in [1.54, 1.807) is 0 Å². The van der Waals surface area contributed by atoms with Crippen LogP contribution in [0.5, 0.6) is 0 Å².